The van der Waals surface area contributed by atoms with Crippen LogP contribution in [0, 0.1) is 0 Å². The van der Waals surface area contributed by atoms with Crippen molar-refractivity contribution in [2.75, 3.05) is 4.90 Å². The summed E-state index contributed by atoms with van der Waals surface area (Å²) in [6.07, 6.45) is 0. The number of thiophene rings is 2. The molecule has 0 saturated carbocycles. The SMILES string of the molecule is c1ccc(N(c2ccc3c(c2)sc2ccccc23)c2cccc3sc4ccc5c6cc7ccccc7cc6oc5c4c23)cc1. The van der Waals surface area contributed by atoms with Gasteiger partial charge in [0.25, 0.3) is 0 Å². The number of furan rings is 1. The molecule has 0 amide bonds. The largest absolute Gasteiger partial charge is 0.455 e. The molecular weight excluding hydrogens is 575 g/mol. The lowest BCUT2D eigenvalue weighted by atomic mass is 10.0. The average Bonchev–Trinajstić information content (AvgIpc) is 3.75. The van der Waals surface area contributed by atoms with E-state index in [2.05, 4.69) is 144 Å². The van der Waals surface area contributed by atoms with E-state index in [4.69, 9.17) is 4.42 Å². The van der Waals surface area contributed by atoms with Gasteiger partial charge in [0, 0.05) is 62.5 Å². The third kappa shape index (κ3) is 3.47. The average molecular weight is 598 g/mol. The van der Waals surface area contributed by atoms with Gasteiger partial charge in [-0.2, -0.15) is 0 Å². The van der Waals surface area contributed by atoms with Gasteiger partial charge in [-0.15, -0.1) is 22.7 Å². The highest BCUT2D eigenvalue weighted by Gasteiger charge is 2.22. The molecule has 0 aliphatic rings. The van der Waals surface area contributed by atoms with E-state index in [0.29, 0.717) is 0 Å². The number of fused-ring (bicyclic) bond motifs is 11. The molecule has 7 aromatic carbocycles. The Morgan fingerprint density at radius 1 is 0.432 bits per heavy atom. The third-order valence-corrected chi connectivity index (χ3v) is 11.1. The van der Waals surface area contributed by atoms with Crippen molar-refractivity contribution >= 4 is 113 Å². The second kappa shape index (κ2) is 9.17. The van der Waals surface area contributed by atoms with Crippen molar-refractivity contribution in [1.29, 1.82) is 0 Å². The molecule has 44 heavy (non-hydrogen) atoms. The molecular formula is C40H23NOS2. The summed E-state index contributed by atoms with van der Waals surface area (Å²) < 4.78 is 11.9. The minimum atomic E-state index is 0.929. The second-order valence-electron chi connectivity index (χ2n) is 11.3. The predicted molar refractivity (Wildman–Crippen MR) is 192 cm³/mol. The lowest BCUT2D eigenvalue weighted by Crippen LogP contribution is -2.10. The molecule has 3 heterocycles. The van der Waals surface area contributed by atoms with Gasteiger partial charge in [-0.1, -0.05) is 72.8 Å². The molecule has 206 valence electrons. The van der Waals surface area contributed by atoms with E-state index >= 15 is 0 Å². The molecule has 0 aliphatic heterocycles. The quantitative estimate of drug-likeness (QED) is 0.201. The summed E-state index contributed by atoms with van der Waals surface area (Å²) in [5, 5.41) is 9.76. The Morgan fingerprint density at radius 2 is 1.14 bits per heavy atom. The lowest BCUT2D eigenvalue weighted by molar-refractivity contribution is 0.673. The number of nitrogens with zero attached hydrogens (tertiary/aromatic N) is 1. The molecule has 2 nitrogen and oxygen atoms in total. The van der Waals surface area contributed by atoms with Gasteiger partial charge in [0.1, 0.15) is 11.2 Å². The molecule has 4 heteroatoms. The minimum absolute atomic E-state index is 0.929. The van der Waals surface area contributed by atoms with Gasteiger partial charge in [0.15, 0.2) is 0 Å². The first-order chi connectivity index (χ1) is 21.8. The molecule has 0 aliphatic carbocycles. The Kier molecular flexibility index (Phi) is 5.06. The molecule has 0 saturated heterocycles. The zero-order valence-corrected chi connectivity index (χ0v) is 25.1. The maximum absolute atomic E-state index is 6.77. The lowest BCUT2D eigenvalue weighted by Gasteiger charge is -2.26. The van der Waals surface area contributed by atoms with Crippen LogP contribution in [0.5, 0.6) is 0 Å². The van der Waals surface area contributed by atoms with Crippen LogP contribution in [0.3, 0.4) is 0 Å². The predicted octanol–water partition coefficient (Wildman–Crippen LogP) is 12.9. The first-order valence-corrected chi connectivity index (χ1v) is 16.4. The van der Waals surface area contributed by atoms with E-state index in [0.717, 1.165) is 39.0 Å². The van der Waals surface area contributed by atoms with Crippen molar-refractivity contribution in [1.82, 2.24) is 0 Å². The number of hydrogen-bond donors (Lipinski definition) is 0. The highest BCUT2D eigenvalue weighted by Crippen LogP contribution is 2.49. The van der Waals surface area contributed by atoms with Gasteiger partial charge in [-0.05, 0) is 77.5 Å². The maximum Gasteiger partial charge on any atom is 0.144 e. The van der Waals surface area contributed by atoms with Crippen molar-refractivity contribution in [2.24, 2.45) is 0 Å². The van der Waals surface area contributed by atoms with E-state index in [-0.39, 0.29) is 0 Å². The van der Waals surface area contributed by atoms with E-state index in [9.17, 15) is 0 Å². The van der Waals surface area contributed by atoms with Crippen LogP contribution >= 0.6 is 22.7 Å². The Hall–Kier alpha value is -5.16. The fourth-order valence-corrected chi connectivity index (χ4v) is 9.11. The first-order valence-electron chi connectivity index (χ1n) is 14.8. The van der Waals surface area contributed by atoms with E-state index in [1.165, 1.54) is 51.1 Å². The molecule has 10 aromatic rings. The molecule has 0 N–H and O–H groups in total. The minimum Gasteiger partial charge on any atom is -0.455 e. The van der Waals surface area contributed by atoms with Crippen LogP contribution < -0.4 is 4.90 Å². The summed E-state index contributed by atoms with van der Waals surface area (Å²) in [5.41, 5.74) is 5.31. The van der Waals surface area contributed by atoms with Crippen LogP contribution in [0.1, 0.15) is 0 Å². The summed E-state index contributed by atoms with van der Waals surface area (Å²) >= 11 is 3.69. The summed E-state index contributed by atoms with van der Waals surface area (Å²) in [7, 11) is 0. The van der Waals surface area contributed by atoms with Gasteiger partial charge in [0.05, 0.1) is 5.69 Å². The highest BCUT2D eigenvalue weighted by molar-refractivity contribution is 7.26. The Bertz CT molecular complexity index is 2730. The molecule has 0 spiro atoms. The number of hydrogen-bond acceptors (Lipinski definition) is 4. The van der Waals surface area contributed by atoms with Gasteiger partial charge in [-0.25, -0.2) is 0 Å². The van der Waals surface area contributed by atoms with E-state index in [1.807, 2.05) is 22.7 Å². The topological polar surface area (TPSA) is 16.4 Å². The van der Waals surface area contributed by atoms with Crippen LogP contribution in [0.15, 0.2) is 144 Å². The van der Waals surface area contributed by atoms with Crippen LogP contribution in [0.25, 0.3) is 73.1 Å². The first kappa shape index (κ1) is 24.3. The smallest absolute Gasteiger partial charge is 0.144 e. The molecule has 0 radical (unpaired) electrons. The molecule has 3 aromatic heterocycles. The summed E-state index contributed by atoms with van der Waals surface area (Å²) in [6, 6.07) is 50.5. The van der Waals surface area contributed by atoms with Crippen LogP contribution in [-0.4, -0.2) is 0 Å². The fraction of sp³-hybridized carbons (Fsp3) is 0. The summed E-state index contributed by atoms with van der Waals surface area (Å²) in [4.78, 5) is 2.41. The number of anilines is 3. The Morgan fingerprint density at radius 3 is 2.05 bits per heavy atom. The highest BCUT2D eigenvalue weighted by atomic mass is 32.1. The van der Waals surface area contributed by atoms with Crippen molar-refractivity contribution in [2.45, 2.75) is 0 Å². The third-order valence-electron chi connectivity index (χ3n) is 8.82. The van der Waals surface area contributed by atoms with E-state index in [1.54, 1.807) is 0 Å². The molecule has 0 fully saturated rings. The van der Waals surface area contributed by atoms with Crippen molar-refractivity contribution in [3.8, 4) is 0 Å². The monoisotopic (exact) mass is 597 g/mol. The molecule has 0 atom stereocenters. The van der Waals surface area contributed by atoms with E-state index < -0.39 is 0 Å². The number of rotatable bonds is 3. The van der Waals surface area contributed by atoms with Gasteiger partial charge in [-0.3, -0.25) is 0 Å². The van der Waals surface area contributed by atoms with Crippen LogP contribution in [0.4, 0.5) is 17.1 Å². The second-order valence-corrected chi connectivity index (χ2v) is 13.5. The van der Waals surface area contributed by atoms with Gasteiger partial charge >= 0.3 is 0 Å². The fourth-order valence-electron chi connectivity index (χ4n) is 6.85. The zero-order valence-electron chi connectivity index (χ0n) is 23.5. The number of para-hydroxylation sites is 1. The zero-order chi connectivity index (χ0) is 28.8. The number of benzene rings is 7. The summed E-state index contributed by atoms with van der Waals surface area (Å²) in [6.45, 7) is 0. The normalized spacial score (nSPS) is 12.1. The Labute approximate surface area is 260 Å². The van der Waals surface area contributed by atoms with Gasteiger partial charge < -0.3 is 9.32 Å². The molecule has 0 unspecified atom stereocenters. The summed E-state index contributed by atoms with van der Waals surface area (Å²) in [5.74, 6) is 0. The van der Waals surface area contributed by atoms with Gasteiger partial charge in [0.2, 0.25) is 0 Å². The standard InChI is InChI=1S/C40H23NOS2/c1-2-11-26(12-3-1)41(27-17-18-29-28-13-6-7-15-34(28)43-37(29)23-27)32-14-8-16-35-38(32)39-36(44-35)20-19-30-31-21-24-9-4-5-10-25(24)22-33(31)42-40(30)39/h1-23H. The van der Waals surface area contributed by atoms with Crippen molar-refractivity contribution < 1.29 is 4.42 Å². The van der Waals surface area contributed by atoms with Crippen LogP contribution in [0.2, 0.25) is 0 Å². The Balaban J connectivity index is 1.29. The maximum atomic E-state index is 6.77. The van der Waals surface area contributed by atoms with Crippen molar-refractivity contribution in [3.63, 3.8) is 0 Å². The molecule has 10 rings (SSSR count). The van der Waals surface area contributed by atoms with Crippen molar-refractivity contribution in [3.05, 3.63) is 140 Å². The van der Waals surface area contributed by atoms with Crippen LogP contribution in [-0.2, 0) is 0 Å². The molecule has 0 bridgehead atoms.